The van der Waals surface area contributed by atoms with Gasteiger partial charge in [0.15, 0.2) is 0 Å². The summed E-state index contributed by atoms with van der Waals surface area (Å²) < 4.78 is 31.9. The third kappa shape index (κ3) is 1.65. The zero-order valence-electron chi connectivity index (χ0n) is 9.05. The molecule has 2 unspecified atom stereocenters. The monoisotopic (exact) mass is 212 g/mol. The molecule has 0 spiro atoms. The number of fused-ring (bicyclic) bond motifs is 1. The average molecular weight is 212 g/mol. The number of rotatable bonds is 0. The molecule has 1 aliphatic heterocycles. The van der Waals surface area contributed by atoms with Gasteiger partial charge < -0.3 is 4.74 Å². The van der Waals surface area contributed by atoms with E-state index in [1.165, 1.54) is 6.07 Å². The van der Waals surface area contributed by atoms with E-state index in [1.807, 2.05) is 13.0 Å². The van der Waals surface area contributed by atoms with Crippen LogP contribution in [0, 0.1) is 6.92 Å². The minimum absolute atomic E-state index is 0.0141. The van der Waals surface area contributed by atoms with Crippen molar-refractivity contribution in [3.63, 3.8) is 0 Å². The predicted molar refractivity (Wildman–Crippen MR) is 54.0 cm³/mol. The Kier molecular flexibility index (Phi) is 2.30. The molecule has 2 rings (SSSR count). The highest BCUT2D eigenvalue weighted by atomic mass is 19.3. The van der Waals surface area contributed by atoms with Crippen LogP contribution in [0.4, 0.5) is 8.78 Å². The van der Waals surface area contributed by atoms with Gasteiger partial charge in [-0.1, -0.05) is 24.6 Å². The Hall–Kier alpha value is -0.960. The van der Waals surface area contributed by atoms with Crippen LogP contribution in [0.3, 0.4) is 0 Å². The van der Waals surface area contributed by atoms with Crippen LogP contribution in [-0.4, -0.2) is 6.10 Å². The molecule has 2 atom stereocenters. The summed E-state index contributed by atoms with van der Waals surface area (Å²) in [4.78, 5) is 0. The Balaban J connectivity index is 2.59. The highest BCUT2D eigenvalue weighted by molar-refractivity contribution is 5.38. The number of alkyl halides is 2. The molecule has 1 aliphatic rings. The van der Waals surface area contributed by atoms with E-state index < -0.39 is 12.2 Å². The van der Waals surface area contributed by atoms with E-state index in [0.717, 1.165) is 5.56 Å². The van der Waals surface area contributed by atoms with E-state index in [9.17, 15) is 8.78 Å². The molecular weight excluding hydrogens is 198 g/mol. The van der Waals surface area contributed by atoms with Crippen LogP contribution in [0.1, 0.15) is 36.5 Å². The number of aryl methyl sites for hydroxylation is 1. The van der Waals surface area contributed by atoms with E-state index in [-0.39, 0.29) is 11.5 Å². The number of benzene rings is 1. The summed E-state index contributed by atoms with van der Waals surface area (Å²) in [6.07, 6.45) is -3.59. The fourth-order valence-electron chi connectivity index (χ4n) is 1.97. The maximum atomic E-state index is 13.6. The largest absolute Gasteiger partial charge is 0.383 e. The van der Waals surface area contributed by atoms with Gasteiger partial charge in [0.1, 0.15) is 0 Å². The Morgan fingerprint density at radius 1 is 1.27 bits per heavy atom. The Morgan fingerprint density at radius 2 is 1.93 bits per heavy atom. The molecule has 1 aromatic carbocycles. The van der Waals surface area contributed by atoms with Crippen molar-refractivity contribution >= 4 is 0 Å². The first-order valence-electron chi connectivity index (χ1n) is 5.08. The van der Waals surface area contributed by atoms with Crippen molar-refractivity contribution in [1.29, 1.82) is 0 Å². The van der Waals surface area contributed by atoms with Gasteiger partial charge in [-0.3, -0.25) is 0 Å². The van der Waals surface area contributed by atoms with Crippen molar-refractivity contribution in [3.8, 4) is 0 Å². The summed E-state index contributed by atoms with van der Waals surface area (Å²) >= 11 is 0. The molecule has 0 saturated carbocycles. The van der Waals surface area contributed by atoms with Gasteiger partial charge in [0, 0.05) is 5.92 Å². The number of ether oxygens (including phenoxy) is 1. The van der Waals surface area contributed by atoms with E-state index in [2.05, 4.69) is 0 Å². The van der Waals surface area contributed by atoms with E-state index in [1.54, 1.807) is 19.9 Å². The van der Waals surface area contributed by atoms with Gasteiger partial charge in [-0.15, -0.1) is 0 Å². The normalized spacial score (nSPS) is 28.6. The number of hydrogen-bond acceptors (Lipinski definition) is 1. The summed E-state index contributed by atoms with van der Waals surface area (Å²) in [6.45, 7) is 5.40. The molecule has 0 bridgehead atoms. The summed E-state index contributed by atoms with van der Waals surface area (Å²) in [5.41, 5.74) is 1.55. The van der Waals surface area contributed by atoms with Crippen LogP contribution < -0.4 is 0 Å². The Labute approximate surface area is 88.1 Å². The topological polar surface area (TPSA) is 9.23 Å². The molecular formula is C12H14F2O. The molecule has 3 heteroatoms. The van der Waals surface area contributed by atoms with Gasteiger partial charge in [-0.2, -0.15) is 8.78 Å². The smallest absolute Gasteiger partial charge is 0.313 e. The first kappa shape index (κ1) is 10.6. The molecule has 1 nitrogen and oxygen atoms in total. The second-order valence-corrected chi connectivity index (χ2v) is 4.22. The van der Waals surface area contributed by atoms with E-state index >= 15 is 0 Å². The third-order valence-corrected chi connectivity index (χ3v) is 3.05. The van der Waals surface area contributed by atoms with Crippen LogP contribution in [0.5, 0.6) is 0 Å². The summed E-state index contributed by atoms with van der Waals surface area (Å²) in [5, 5.41) is 0. The molecule has 0 N–H and O–H groups in total. The van der Waals surface area contributed by atoms with Gasteiger partial charge in [0.2, 0.25) is 0 Å². The molecule has 0 aliphatic carbocycles. The maximum absolute atomic E-state index is 13.6. The minimum atomic E-state index is -3.15. The zero-order valence-corrected chi connectivity index (χ0v) is 9.05. The zero-order chi connectivity index (χ0) is 11.2. The molecule has 82 valence electrons. The molecule has 0 amide bonds. The maximum Gasteiger partial charge on any atom is 0.383 e. The Morgan fingerprint density at radius 3 is 2.60 bits per heavy atom. The van der Waals surface area contributed by atoms with E-state index in [0.29, 0.717) is 5.56 Å². The van der Waals surface area contributed by atoms with Crippen LogP contribution in [0.2, 0.25) is 0 Å². The standard InChI is InChI=1S/C12H14F2O/c1-7-4-5-10-8(2)9(3)15-12(13,14)11(10)6-7/h4-6,8-9H,1-3H3. The van der Waals surface area contributed by atoms with Crippen molar-refractivity contribution in [2.24, 2.45) is 0 Å². The SMILES string of the molecule is Cc1ccc2c(c1)C(F)(F)OC(C)C2C. The van der Waals surface area contributed by atoms with Crippen LogP contribution in [0.15, 0.2) is 18.2 Å². The van der Waals surface area contributed by atoms with Crippen molar-refractivity contribution in [2.45, 2.75) is 38.9 Å². The molecule has 0 saturated heterocycles. The lowest BCUT2D eigenvalue weighted by molar-refractivity contribution is -0.281. The van der Waals surface area contributed by atoms with Crippen molar-refractivity contribution < 1.29 is 13.5 Å². The minimum Gasteiger partial charge on any atom is -0.313 e. The fourth-order valence-corrected chi connectivity index (χ4v) is 1.97. The third-order valence-electron chi connectivity index (χ3n) is 3.05. The lowest BCUT2D eigenvalue weighted by Gasteiger charge is -2.34. The molecule has 15 heavy (non-hydrogen) atoms. The first-order valence-corrected chi connectivity index (χ1v) is 5.08. The molecule has 1 aromatic rings. The highest BCUT2D eigenvalue weighted by Crippen LogP contribution is 2.43. The van der Waals surface area contributed by atoms with Gasteiger partial charge in [0.05, 0.1) is 11.7 Å². The highest BCUT2D eigenvalue weighted by Gasteiger charge is 2.43. The lowest BCUT2D eigenvalue weighted by Crippen LogP contribution is -2.34. The van der Waals surface area contributed by atoms with Crippen molar-refractivity contribution in [2.75, 3.05) is 0 Å². The lowest BCUT2D eigenvalue weighted by atomic mass is 9.88. The fraction of sp³-hybridized carbons (Fsp3) is 0.500. The molecule has 0 aromatic heterocycles. The summed E-state index contributed by atoms with van der Waals surface area (Å²) in [6, 6.07) is 5.16. The van der Waals surface area contributed by atoms with Gasteiger partial charge in [0.25, 0.3) is 0 Å². The Bertz CT molecular complexity index is 387. The van der Waals surface area contributed by atoms with Crippen molar-refractivity contribution in [3.05, 3.63) is 34.9 Å². The van der Waals surface area contributed by atoms with Gasteiger partial charge in [-0.25, -0.2) is 0 Å². The quantitative estimate of drug-likeness (QED) is 0.638. The summed E-state index contributed by atoms with van der Waals surface area (Å²) in [7, 11) is 0. The molecule has 1 heterocycles. The number of hydrogen-bond donors (Lipinski definition) is 0. The second kappa shape index (κ2) is 3.27. The van der Waals surface area contributed by atoms with Crippen LogP contribution in [-0.2, 0) is 10.8 Å². The van der Waals surface area contributed by atoms with Gasteiger partial charge in [-0.05, 0) is 25.5 Å². The number of halogens is 2. The average Bonchev–Trinajstić information content (AvgIpc) is 2.14. The first-order chi connectivity index (χ1) is 6.92. The van der Waals surface area contributed by atoms with Gasteiger partial charge >= 0.3 is 6.11 Å². The van der Waals surface area contributed by atoms with Crippen LogP contribution in [0.25, 0.3) is 0 Å². The predicted octanol–water partition coefficient (Wildman–Crippen LogP) is 3.57. The van der Waals surface area contributed by atoms with E-state index in [4.69, 9.17) is 4.74 Å². The second-order valence-electron chi connectivity index (χ2n) is 4.22. The van der Waals surface area contributed by atoms with Crippen LogP contribution >= 0.6 is 0 Å². The van der Waals surface area contributed by atoms with Crippen molar-refractivity contribution in [1.82, 2.24) is 0 Å². The molecule has 0 radical (unpaired) electrons. The molecule has 0 fully saturated rings. The summed E-state index contributed by atoms with van der Waals surface area (Å²) in [5.74, 6) is 0.0141.